The fraction of sp³-hybridized carbons (Fsp3) is 0.318. The molecule has 0 unspecified atom stereocenters. The van der Waals surface area contributed by atoms with E-state index in [0.29, 0.717) is 29.9 Å². The summed E-state index contributed by atoms with van der Waals surface area (Å²) in [4.78, 5) is 25.4. The maximum absolute atomic E-state index is 12.1. The van der Waals surface area contributed by atoms with Gasteiger partial charge in [-0.3, -0.25) is 9.36 Å². The Morgan fingerprint density at radius 1 is 1.16 bits per heavy atom. The number of pyridine rings is 1. The van der Waals surface area contributed by atoms with Gasteiger partial charge in [0.15, 0.2) is 5.82 Å². The summed E-state index contributed by atoms with van der Waals surface area (Å²) in [5.41, 5.74) is 3.34. The number of likely N-dealkylation sites (N-methyl/N-ethyl adjacent to an activating group) is 1. The van der Waals surface area contributed by atoms with Gasteiger partial charge in [-0.1, -0.05) is 17.7 Å². The van der Waals surface area contributed by atoms with Gasteiger partial charge < -0.3 is 19.9 Å². The highest BCUT2D eigenvalue weighted by Crippen LogP contribution is 2.35. The predicted molar refractivity (Wildman–Crippen MR) is 121 cm³/mol. The number of nitrogens with zero attached hydrogens (tertiary/aromatic N) is 5. The van der Waals surface area contributed by atoms with Crippen LogP contribution >= 0.6 is 11.6 Å². The highest BCUT2D eigenvalue weighted by molar-refractivity contribution is 6.33. The van der Waals surface area contributed by atoms with Crippen LogP contribution in [-0.4, -0.2) is 46.7 Å². The van der Waals surface area contributed by atoms with Crippen LogP contribution in [0.3, 0.4) is 0 Å². The van der Waals surface area contributed by atoms with Gasteiger partial charge in [-0.15, -0.1) is 0 Å². The Kier molecular flexibility index (Phi) is 5.03. The maximum atomic E-state index is 12.1. The Balaban J connectivity index is 1.49. The van der Waals surface area contributed by atoms with Crippen LogP contribution in [-0.2, 0) is 19.5 Å². The number of anilines is 4. The van der Waals surface area contributed by atoms with Crippen molar-refractivity contribution >= 4 is 34.9 Å². The zero-order chi connectivity index (χ0) is 21.5. The number of hydrogen-bond acceptors (Lipinski definition) is 7. The molecule has 0 fully saturated rings. The van der Waals surface area contributed by atoms with Gasteiger partial charge in [0.25, 0.3) is 5.56 Å². The van der Waals surface area contributed by atoms with Crippen LogP contribution in [0.2, 0.25) is 5.02 Å². The minimum absolute atomic E-state index is 0.0349. The van der Waals surface area contributed by atoms with Crippen LogP contribution in [0.4, 0.5) is 23.3 Å². The first-order valence-corrected chi connectivity index (χ1v) is 10.6. The van der Waals surface area contributed by atoms with Gasteiger partial charge in [0.2, 0.25) is 5.95 Å². The zero-order valence-corrected chi connectivity index (χ0v) is 18.2. The summed E-state index contributed by atoms with van der Waals surface area (Å²) in [6, 6.07) is 9.39. The molecule has 5 rings (SSSR count). The van der Waals surface area contributed by atoms with E-state index in [0.717, 1.165) is 36.8 Å². The molecule has 2 aromatic heterocycles. The molecule has 4 heterocycles. The minimum Gasteiger partial charge on any atom is -0.495 e. The molecule has 1 N–H and O–H groups in total. The van der Waals surface area contributed by atoms with Gasteiger partial charge in [0.1, 0.15) is 16.6 Å². The van der Waals surface area contributed by atoms with Crippen LogP contribution in [0.1, 0.15) is 11.1 Å². The summed E-state index contributed by atoms with van der Waals surface area (Å²) in [6.45, 7) is 3.13. The smallest absolute Gasteiger partial charge is 0.252 e. The quantitative estimate of drug-likeness (QED) is 0.670. The lowest BCUT2D eigenvalue weighted by Gasteiger charge is -2.26. The van der Waals surface area contributed by atoms with Crippen LogP contribution in [0, 0.1) is 0 Å². The number of rotatable bonds is 4. The SMILES string of the molecule is COc1cc2c(cc1Nc1ncc(Cl)c(N3CCn4c3cccc4=O)n1)CN(C)CC2. The normalized spacial score (nSPS) is 15.5. The summed E-state index contributed by atoms with van der Waals surface area (Å²) >= 11 is 6.44. The van der Waals surface area contributed by atoms with E-state index in [1.807, 2.05) is 11.0 Å². The first-order valence-electron chi connectivity index (χ1n) is 10.2. The maximum Gasteiger partial charge on any atom is 0.252 e. The monoisotopic (exact) mass is 438 g/mol. The highest BCUT2D eigenvalue weighted by atomic mass is 35.5. The van der Waals surface area contributed by atoms with Crippen molar-refractivity contribution < 1.29 is 4.74 Å². The molecule has 0 radical (unpaired) electrons. The predicted octanol–water partition coefficient (Wildman–Crippen LogP) is 3.18. The number of hydrogen-bond donors (Lipinski definition) is 1. The second kappa shape index (κ2) is 7.86. The van der Waals surface area contributed by atoms with Gasteiger partial charge in [-0.05, 0) is 42.8 Å². The van der Waals surface area contributed by atoms with Crippen molar-refractivity contribution in [2.24, 2.45) is 0 Å². The summed E-state index contributed by atoms with van der Waals surface area (Å²) in [7, 11) is 3.78. The van der Waals surface area contributed by atoms with Gasteiger partial charge in [0.05, 0.1) is 19.0 Å². The number of aromatic nitrogens is 3. The molecule has 0 atom stereocenters. The number of benzene rings is 1. The molecule has 0 aliphatic carbocycles. The summed E-state index contributed by atoms with van der Waals surface area (Å²) in [5, 5.41) is 3.72. The molecular weight excluding hydrogens is 416 g/mol. The van der Waals surface area contributed by atoms with Crippen molar-refractivity contribution in [3.05, 3.63) is 63.0 Å². The summed E-state index contributed by atoms with van der Waals surface area (Å²) < 4.78 is 7.33. The third-order valence-corrected chi connectivity index (χ3v) is 6.07. The molecule has 2 aliphatic rings. The second-order valence-electron chi connectivity index (χ2n) is 7.82. The zero-order valence-electron chi connectivity index (χ0n) is 17.4. The summed E-state index contributed by atoms with van der Waals surface area (Å²) in [5.74, 6) is 2.50. The van der Waals surface area contributed by atoms with Gasteiger partial charge in [-0.2, -0.15) is 4.98 Å². The molecule has 9 heteroatoms. The van der Waals surface area contributed by atoms with Crippen LogP contribution < -0.4 is 20.5 Å². The van der Waals surface area contributed by atoms with Crippen molar-refractivity contribution in [2.45, 2.75) is 19.5 Å². The topological polar surface area (TPSA) is 75.5 Å². The van der Waals surface area contributed by atoms with E-state index in [1.165, 1.54) is 11.1 Å². The first kappa shape index (κ1) is 19.8. The molecule has 0 bridgehead atoms. The first-order chi connectivity index (χ1) is 15.0. The van der Waals surface area contributed by atoms with Crippen molar-refractivity contribution in [3.63, 3.8) is 0 Å². The second-order valence-corrected chi connectivity index (χ2v) is 8.23. The molecule has 1 aromatic carbocycles. The summed E-state index contributed by atoms with van der Waals surface area (Å²) in [6.07, 6.45) is 2.58. The number of fused-ring (bicyclic) bond motifs is 2. The molecule has 2 aliphatic heterocycles. The van der Waals surface area contributed by atoms with E-state index in [2.05, 4.69) is 39.4 Å². The van der Waals surface area contributed by atoms with Crippen LogP contribution in [0.25, 0.3) is 0 Å². The minimum atomic E-state index is -0.0349. The van der Waals surface area contributed by atoms with Crippen molar-refractivity contribution in [1.29, 1.82) is 0 Å². The fourth-order valence-electron chi connectivity index (χ4n) is 4.22. The Hall–Kier alpha value is -3.10. The lowest BCUT2D eigenvalue weighted by atomic mass is 9.99. The van der Waals surface area contributed by atoms with E-state index in [-0.39, 0.29) is 5.56 Å². The molecule has 31 heavy (non-hydrogen) atoms. The average Bonchev–Trinajstić information content (AvgIpc) is 3.20. The number of ether oxygens (including phenoxy) is 1. The van der Waals surface area contributed by atoms with Crippen LogP contribution in [0.15, 0.2) is 41.3 Å². The largest absolute Gasteiger partial charge is 0.495 e. The van der Waals surface area contributed by atoms with Crippen LogP contribution in [0.5, 0.6) is 5.75 Å². The molecule has 0 spiro atoms. The van der Waals surface area contributed by atoms with E-state index >= 15 is 0 Å². The average molecular weight is 439 g/mol. The molecule has 3 aromatic rings. The molecule has 0 amide bonds. The molecule has 0 saturated carbocycles. The van der Waals surface area contributed by atoms with E-state index < -0.39 is 0 Å². The number of methoxy groups -OCH3 is 1. The van der Waals surface area contributed by atoms with Gasteiger partial charge in [0, 0.05) is 32.2 Å². The number of halogens is 1. The van der Waals surface area contributed by atoms with Gasteiger partial charge >= 0.3 is 0 Å². The highest BCUT2D eigenvalue weighted by Gasteiger charge is 2.25. The Morgan fingerprint density at radius 3 is 2.87 bits per heavy atom. The Morgan fingerprint density at radius 2 is 2.03 bits per heavy atom. The van der Waals surface area contributed by atoms with Crippen molar-refractivity contribution in [3.8, 4) is 5.75 Å². The fourth-order valence-corrected chi connectivity index (χ4v) is 4.41. The molecule has 0 saturated heterocycles. The van der Waals surface area contributed by atoms with Crippen molar-refractivity contribution in [2.75, 3.05) is 37.5 Å². The lowest BCUT2D eigenvalue weighted by molar-refractivity contribution is 0.312. The molecular formula is C22H23ClN6O2. The van der Waals surface area contributed by atoms with Crippen molar-refractivity contribution in [1.82, 2.24) is 19.4 Å². The Bertz CT molecular complexity index is 1210. The Labute approximate surface area is 185 Å². The lowest BCUT2D eigenvalue weighted by Crippen LogP contribution is -2.26. The third-order valence-electron chi connectivity index (χ3n) is 5.80. The number of nitrogens with one attached hydrogen (secondary N) is 1. The van der Waals surface area contributed by atoms with E-state index in [4.69, 9.17) is 16.3 Å². The van der Waals surface area contributed by atoms with E-state index in [1.54, 1.807) is 30.0 Å². The third kappa shape index (κ3) is 3.62. The van der Waals surface area contributed by atoms with E-state index in [9.17, 15) is 4.79 Å². The van der Waals surface area contributed by atoms with Gasteiger partial charge in [-0.25, -0.2) is 4.98 Å². The molecule has 160 valence electrons. The molecule has 8 nitrogen and oxygen atoms in total. The standard InChI is InChI=1S/C22H23ClN6O2/c1-27-7-6-14-11-18(31-2)17(10-15(14)13-27)25-22-24-12-16(23)21(26-22)29-9-8-28-19(29)4-3-5-20(28)30/h3-5,10-12H,6-9,13H2,1-2H3,(H,24,25,26).